The highest BCUT2D eigenvalue weighted by atomic mass is 16.3. The topological polar surface area (TPSA) is 78.4 Å². The second kappa shape index (κ2) is 7.78. The highest BCUT2D eigenvalue weighted by Crippen LogP contribution is 2.13. The predicted molar refractivity (Wildman–Crippen MR) is 83.0 cm³/mol. The number of nitrogens with one attached hydrogen (secondary N) is 2. The minimum Gasteiger partial charge on any atom is -0.393 e. The minimum absolute atomic E-state index is 0.131. The Balaban J connectivity index is 2.44. The third-order valence-electron chi connectivity index (χ3n) is 3.47. The van der Waals surface area contributed by atoms with Gasteiger partial charge in [-0.05, 0) is 49.4 Å². The molecule has 1 rings (SSSR count). The highest BCUT2D eigenvalue weighted by molar-refractivity contribution is 6.39. The van der Waals surface area contributed by atoms with Crippen molar-refractivity contribution in [2.75, 3.05) is 11.9 Å². The summed E-state index contributed by atoms with van der Waals surface area (Å²) in [5, 5.41) is 14.7. The molecule has 0 spiro atoms. The molecule has 0 aliphatic carbocycles. The first-order valence-electron chi connectivity index (χ1n) is 7.15. The molecule has 0 aliphatic rings. The van der Waals surface area contributed by atoms with Crippen molar-refractivity contribution in [1.82, 2.24) is 5.32 Å². The van der Waals surface area contributed by atoms with Crippen molar-refractivity contribution in [2.24, 2.45) is 5.92 Å². The van der Waals surface area contributed by atoms with Crippen molar-refractivity contribution in [2.45, 2.75) is 40.2 Å². The molecule has 0 fully saturated rings. The predicted octanol–water partition coefficient (Wildman–Crippen LogP) is 1.77. The maximum atomic E-state index is 11.7. The first-order valence-corrected chi connectivity index (χ1v) is 7.15. The van der Waals surface area contributed by atoms with E-state index in [0.29, 0.717) is 12.1 Å². The fraction of sp³-hybridized carbons (Fsp3) is 0.500. The van der Waals surface area contributed by atoms with Crippen LogP contribution < -0.4 is 10.6 Å². The number of carbonyl (C=O) groups is 2. The summed E-state index contributed by atoms with van der Waals surface area (Å²) in [6.07, 6.45) is -0.0477. The van der Waals surface area contributed by atoms with Crippen LogP contribution in [0.3, 0.4) is 0 Å². The van der Waals surface area contributed by atoms with Gasteiger partial charge in [0, 0.05) is 12.2 Å². The second-order valence-electron chi connectivity index (χ2n) is 5.61. The lowest BCUT2D eigenvalue weighted by Gasteiger charge is -2.14. The Morgan fingerprint density at radius 3 is 2.38 bits per heavy atom. The zero-order chi connectivity index (χ0) is 16.0. The minimum atomic E-state index is -0.697. The molecule has 5 heteroatoms. The smallest absolute Gasteiger partial charge is 0.313 e. The number of anilines is 1. The number of aliphatic hydroxyl groups is 1. The van der Waals surface area contributed by atoms with Crippen LogP contribution in [0, 0.1) is 19.8 Å². The molecule has 2 amide bonds. The zero-order valence-electron chi connectivity index (χ0n) is 13.1. The van der Waals surface area contributed by atoms with Crippen LogP contribution in [-0.4, -0.2) is 29.6 Å². The van der Waals surface area contributed by atoms with Crippen molar-refractivity contribution in [3.05, 3.63) is 29.3 Å². The maximum absolute atomic E-state index is 11.7. The molecular weight excluding hydrogens is 268 g/mol. The molecule has 1 aromatic rings. The first kappa shape index (κ1) is 17.2. The van der Waals surface area contributed by atoms with Gasteiger partial charge in [-0.1, -0.05) is 19.9 Å². The van der Waals surface area contributed by atoms with E-state index in [1.807, 2.05) is 39.8 Å². The van der Waals surface area contributed by atoms with E-state index in [0.717, 1.165) is 11.1 Å². The summed E-state index contributed by atoms with van der Waals surface area (Å²) in [6.45, 7) is 8.00. The van der Waals surface area contributed by atoms with Crippen molar-refractivity contribution < 1.29 is 14.7 Å². The monoisotopic (exact) mass is 292 g/mol. The summed E-state index contributed by atoms with van der Waals surface area (Å²) >= 11 is 0. The maximum Gasteiger partial charge on any atom is 0.313 e. The zero-order valence-corrected chi connectivity index (χ0v) is 13.1. The summed E-state index contributed by atoms with van der Waals surface area (Å²) in [5.74, 6) is -1.26. The lowest BCUT2D eigenvalue weighted by atomic mass is 10.0. The second-order valence-corrected chi connectivity index (χ2v) is 5.61. The molecule has 0 aliphatic heterocycles. The van der Waals surface area contributed by atoms with Gasteiger partial charge >= 0.3 is 11.8 Å². The van der Waals surface area contributed by atoms with E-state index < -0.39 is 17.9 Å². The normalized spacial score (nSPS) is 12.1. The fourth-order valence-electron chi connectivity index (χ4n) is 1.75. The average Bonchev–Trinajstić information content (AvgIpc) is 2.42. The molecule has 1 aromatic carbocycles. The van der Waals surface area contributed by atoms with Crippen molar-refractivity contribution in [3.8, 4) is 0 Å². The Kier molecular flexibility index (Phi) is 6.37. The van der Waals surface area contributed by atoms with Gasteiger partial charge in [0.25, 0.3) is 0 Å². The van der Waals surface area contributed by atoms with Gasteiger partial charge in [0.1, 0.15) is 0 Å². The van der Waals surface area contributed by atoms with Crippen LogP contribution in [0.2, 0.25) is 0 Å². The van der Waals surface area contributed by atoms with Crippen molar-refractivity contribution >= 4 is 17.5 Å². The lowest BCUT2D eigenvalue weighted by molar-refractivity contribution is -0.136. The molecule has 0 aromatic heterocycles. The summed E-state index contributed by atoms with van der Waals surface area (Å²) in [6, 6.07) is 5.47. The van der Waals surface area contributed by atoms with Crippen LogP contribution in [-0.2, 0) is 9.59 Å². The molecule has 0 saturated carbocycles. The highest BCUT2D eigenvalue weighted by Gasteiger charge is 2.15. The number of benzene rings is 1. The van der Waals surface area contributed by atoms with E-state index in [-0.39, 0.29) is 12.5 Å². The van der Waals surface area contributed by atoms with Crippen LogP contribution in [0.25, 0.3) is 0 Å². The molecule has 0 radical (unpaired) electrons. The molecule has 0 saturated heterocycles. The van der Waals surface area contributed by atoms with E-state index in [4.69, 9.17) is 0 Å². The molecule has 3 N–H and O–H groups in total. The van der Waals surface area contributed by atoms with Crippen LogP contribution in [0.1, 0.15) is 31.4 Å². The van der Waals surface area contributed by atoms with Crippen LogP contribution in [0.15, 0.2) is 18.2 Å². The number of amides is 2. The average molecular weight is 292 g/mol. The first-order chi connectivity index (χ1) is 9.81. The summed E-state index contributed by atoms with van der Waals surface area (Å²) < 4.78 is 0. The van der Waals surface area contributed by atoms with Crippen molar-refractivity contribution in [3.63, 3.8) is 0 Å². The number of hydrogen-bond donors (Lipinski definition) is 3. The lowest BCUT2D eigenvalue weighted by Crippen LogP contribution is -2.37. The summed E-state index contributed by atoms with van der Waals surface area (Å²) in [7, 11) is 0. The van der Waals surface area contributed by atoms with E-state index in [1.54, 1.807) is 6.07 Å². The molecular formula is C16H24N2O3. The SMILES string of the molecule is Cc1ccc(NC(=O)C(=O)NCCC(O)C(C)C)cc1C. The molecule has 116 valence electrons. The van der Waals surface area contributed by atoms with Crippen LogP contribution in [0.4, 0.5) is 5.69 Å². The van der Waals surface area contributed by atoms with Gasteiger partial charge in [-0.25, -0.2) is 0 Å². The number of carbonyl (C=O) groups excluding carboxylic acids is 2. The fourth-order valence-corrected chi connectivity index (χ4v) is 1.75. The molecule has 21 heavy (non-hydrogen) atoms. The number of aliphatic hydroxyl groups excluding tert-OH is 1. The standard InChI is InChI=1S/C16H24N2O3/c1-10(2)14(19)7-8-17-15(20)16(21)18-13-6-5-11(3)12(4)9-13/h5-6,9-10,14,19H,7-8H2,1-4H3,(H,17,20)(H,18,21). The van der Waals surface area contributed by atoms with Gasteiger partial charge < -0.3 is 15.7 Å². The van der Waals surface area contributed by atoms with Crippen LogP contribution in [0.5, 0.6) is 0 Å². The molecule has 5 nitrogen and oxygen atoms in total. The summed E-state index contributed by atoms with van der Waals surface area (Å²) in [5.41, 5.74) is 2.77. The summed E-state index contributed by atoms with van der Waals surface area (Å²) in [4.78, 5) is 23.4. The van der Waals surface area contributed by atoms with E-state index in [2.05, 4.69) is 10.6 Å². The molecule has 0 heterocycles. The Bertz CT molecular complexity index is 512. The van der Waals surface area contributed by atoms with Gasteiger partial charge in [0.2, 0.25) is 0 Å². The van der Waals surface area contributed by atoms with Crippen LogP contribution >= 0.6 is 0 Å². The van der Waals surface area contributed by atoms with E-state index in [1.165, 1.54) is 0 Å². The molecule has 1 unspecified atom stereocenters. The van der Waals surface area contributed by atoms with Gasteiger partial charge in [-0.2, -0.15) is 0 Å². The molecule has 1 atom stereocenters. The number of rotatable bonds is 5. The Hall–Kier alpha value is -1.88. The van der Waals surface area contributed by atoms with E-state index >= 15 is 0 Å². The third kappa shape index (κ3) is 5.55. The number of hydrogen-bond acceptors (Lipinski definition) is 3. The molecule has 0 bridgehead atoms. The Labute approximate surface area is 125 Å². The van der Waals surface area contributed by atoms with Gasteiger partial charge in [0.15, 0.2) is 0 Å². The quantitative estimate of drug-likeness (QED) is 0.724. The number of aryl methyl sites for hydroxylation is 2. The van der Waals surface area contributed by atoms with E-state index in [9.17, 15) is 14.7 Å². The van der Waals surface area contributed by atoms with Crippen molar-refractivity contribution in [1.29, 1.82) is 0 Å². The third-order valence-corrected chi connectivity index (χ3v) is 3.47. The largest absolute Gasteiger partial charge is 0.393 e. The van der Waals surface area contributed by atoms with Gasteiger partial charge in [-0.3, -0.25) is 9.59 Å². The Morgan fingerprint density at radius 2 is 1.81 bits per heavy atom. The Morgan fingerprint density at radius 1 is 1.14 bits per heavy atom. The van der Waals surface area contributed by atoms with Gasteiger partial charge in [-0.15, -0.1) is 0 Å². The van der Waals surface area contributed by atoms with Gasteiger partial charge in [0.05, 0.1) is 6.10 Å².